The quantitative estimate of drug-likeness (QED) is 0.555. The fraction of sp³-hybridized carbons (Fsp3) is 0.273. The highest BCUT2D eigenvalue weighted by molar-refractivity contribution is 5.68. The zero-order valence-electron chi connectivity index (χ0n) is 16.1. The maximum absolute atomic E-state index is 5.12. The van der Waals surface area contributed by atoms with Gasteiger partial charge in [0.25, 0.3) is 0 Å². The number of aromatic nitrogens is 2. The van der Waals surface area contributed by atoms with Crippen LogP contribution in [0, 0.1) is 13.8 Å². The first-order valence-corrected chi connectivity index (χ1v) is 9.18. The van der Waals surface area contributed by atoms with E-state index in [1.807, 2.05) is 36.4 Å². The van der Waals surface area contributed by atoms with E-state index in [0.29, 0.717) is 5.82 Å². The summed E-state index contributed by atoms with van der Waals surface area (Å²) in [5, 5.41) is 6.85. The summed E-state index contributed by atoms with van der Waals surface area (Å²) >= 11 is 0. The summed E-state index contributed by atoms with van der Waals surface area (Å²) in [7, 11) is 1.71. The van der Waals surface area contributed by atoms with Gasteiger partial charge in [-0.25, -0.2) is 9.97 Å². The van der Waals surface area contributed by atoms with Crippen molar-refractivity contribution in [1.82, 2.24) is 9.97 Å². The second-order valence-corrected chi connectivity index (χ2v) is 6.49. The molecular formula is C22H26N4O. The summed E-state index contributed by atoms with van der Waals surface area (Å²) in [6, 6.07) is 18.2. The number of methoxy groups -OCH3 is 1. The molecule has 0 amide bonds. The van der Waals surface area contributed by atoms with Crippen LogP contribution in [0.5, 0.6) is 0 Å². The van der Waals surface area contributed by atoms with Gasteiger partial charge in [-0.2, -0.15) is 0 Å². The minimum Gasteiger partial charge on any atom is -0.385 e. The van der Waals surface area contributed by atoms with Gasteiger partial charge in [-0.3, -0.25) is 0 Å². The van der Waals surface area contributed by atoms with Gasteiger partial charge in [0, 0.05) is 37.6 Å². The first-order chi connectivity index (χ1) is 13.2. The van der Waals surface area contributed by atoms with Crippen LogP contribution in [0.3, 0.4) is 0 Å². The summed E-state index contributed by atoms with van der Waals surface area (Å²) < 4.78 is 5.12. The Morgan fingerprint density at radius 1 is 0.889 bits per heavy atom. The van der Waals surface area contributed by atoms with Crippen LogP contribution in [0.4, 0.5) is 17.3 Å². The van der Waals surface area contributed by atoms with Crippen LogP contribution in [0.25, 0.3) is 11.4 Å². The van der Waals surface area contributed by atoms with Gasteiger partial charge in [-0.05, 0) is 31.4 Å². The standard InChI is InChI=1S/C22H26N4O/c1-16-9-7-10-17(2)21(16)24-20-15-19(23-13-8-14-27-3)25-22(26-20)18-11-5-4-6-12-18/h4-7,9-12,15H,8,13-14H2,1-3H3,(H2,23,24,25,26). The summed E-state index contributed by atoms with van der Waals surface area (Å²) in [6.45, 7) is 5.70. The lowest BCUT2D eigenvalue weighted by molar-refractivity contribution is 0.198. The number of aryl methyl sites for hydroxylation is 2. The van der Waals surface area contributed by atoms with Crippen LogP contribution in [0.2, 0.25) is 0 Å². The van der Waals surface area contributed by atoms with Crippen molar-refractivity contribution in [3.05, 3.63) is 65.7 Å². The van der Waals surface area contributed by atoms with Crippen LogP contribution >= 0.6 is 0 Å². The Balaban J connectivity index is 1.92. The molecular weight excluding hydrogens is 336 g/mol. The smallest absolute Gasteiger partial charge is 0.163 e. The lowest BCUT2D eigenvalue weighted by atomic mass is 10.1. The number of nitrogens with one attached hydrogen (secondary N) is 2. The molecule has 0 aliphatic carbocycles. The molecule has 0 atom stereocenters. The van der Waals surface area contributed by atoms with Crippen molar-refractivity contribution in [2.45, 2.75) is 20.3 Å². The molecule has 0 aliphatic rings. The van der Waals surface area contributed by atoms with Gasteiger partial charge >= 0.3 is 0 Å². The Morgan fingerprint density at radius 3 is 2.30 bits per heavy atom. The number of rotatable bonds is 8. The van der Waals surface area contributed by atoms with Gasteiger partial charge in [-0.1, -0.05) is 48.5 Å². The van der Waals surface area contributed by atoms with Crippen molar-refractivity contribution in [3.8, 4) is 11.4 Å². The average molecular weight is 362 g/mol. The van der Waals surface area contributed by atoms with Crippen LogP contribution < -0.4 is 10.6 Å². The molecule has 3 aromatic rings. The van der Waals surface area contributed by atoms with Gasteiger partial charge in [0.15, 0.2) is 5.82 Å². The number of para-hydroxylation sites is 1. The fourth-order valence-corrected chi connectivity index (χ4v) is 2.89. The molecule has 0 fully saturated rings. The molecule has 1 heterocycles. The molecule has 5 heteroatoms. The molecule has 0 aliphatic heterocycles. The van der Waals surface area contributed by atoms with Crippen LogP contribution in [0.15, 0.2) is 54.6 Å². The molecule has 1 aromatic heterocycles. The third-order valence-corrected chi connectivity index (χ3v) is 4.32. The zero-order valence-corrected chi connectivity index (χ0v) is 16.1. The SMILES string of the molecule is COCCCNc1cc(Nc2c(C)cccc2C)nc(-c2ccccc2)n1. The maximum Gasteiger partial charge on any atom is 0.163 e. The molecule has 2 aromatic carbocycles. The third-order valence-electron chi connectivity index (χ3n) is 4.32. The van der Waals surface area contributed by atoms with Crippen molar-refractivity contribution >= 4 is 17.3 Å². The number of benzene rings is 2. The number of ether oxygens (including phenoxy) is 1. The van der Waals surface area contributed by atoms with Crippen LogP contribution in [-0.2, 0) is 4.74 Å². The molecule has 140 valence electrons. The van der Waals surface area contributed by atoms with Crippen molar-refractivity contribution in [3.63, 3.8) is 0 Å². The molecule has 0 bridgehead atoms. The van der Waals surface area contributed by atoms with Gasteiger partial charge in [0.05, 0.1) is 0 Å². The van der Waals surface area contributed by atoms with E-state index < -0.39 is 0 Å². The minimum atomic E-state index is 0.695. The minimum absolute atomic E-state index is 0.695. The van der Waals surface area contributed by atoms with Crippen molar-refractivity contribution in [1.29, 1.82) is 0 Å². The summed E-state index contributed by atoms with van der Waals surface area (Å²) in [4.78, 5) is 9.42. The average Bonchev–Trinajstić information content (AvgIpc) is 2.69. The second kappa shape index (κ2) is 9.14. The molecule has 0 radical (unpaired) electrons. The predicted molar refractivity (Wildman–Crippen MR) is 112 cm³/mol. The highest BCUT2D eigenvalue weighted by atomic mass is 16.5. The topological polar surface area (TPSA) is 59.1 Å². The summed E-state index contributed by atoms with van der Waals surface area (Å²) in [5.41, 5.74) is 4.44. The Labute approximate surface area is 160 Å². The van der Waals surface area contributed by atoms with E-state index in [1.54, 1.807) is 7.11 Å². The summed E-state index contributed by atoms with van der Waals surface area (Å²) in [6.07, 6.45) is 0.917. The number of anilines is 3. The van der Waals surface area contributed by atoms with Crippen molar-refractivity contribution in [2.75, 3.05) is 30.9 Å². The van der Waals surface area contributed by atoms with Crippen LogP contribution in [0.1, 0.15) is 17.5 Å². The Kier molecular flexibility index (Phi) is 6.39. The Bertz CT molecular complexity index is 860. The molecule has 27 heavy (non-hydrogen) atoms. The lowest BCUT2D eigenvalue weighted by Crippen LogP contribution is -2.08. The van der Waals surface area contributed by atoms with E-state index in [2.05, 4.69) is 47.7 Å². The van der Waals surface area contributed by atoms with Crippen molar-refractivity contribution < 1.29 is 4.74 Å². The Morgan fingerprint density at radius 2 is 1.59 bits per heavy atom. The number of nitrogens with zero attached hydrogens (tertiary/aromatic N) is 2. The lowest BCUT2D eigenvalue weighted by Gasteiger charge is -2.14. The maximum atomic E-state index is 5.12. The van der Waals surface area contributed by atoms with E-state index in [0.717, 1.165) is 42.5 Å². The zero-order chi connectivity index (χ0) is 19.1. The molecule has 2 N–H and O–H groups in total. The van der Waals surface area contributed by atoms with Gasteiger partial charge < -0.3 is 15.4 Å². The molecule has 0 saturated heterocycles. The van der Waals surface area contributed by atoms with E-state index in [-0.39, 0.29) is 0 Å². The van der Waals surface area contributed by atoms with E-state index in [4.69, 9.17) is 9.72 Å². The largest absolute Gasteiger partial charge is 0.385 e. The highest BCUT2D eigenvalue weighted by Gasteiger charge is 2.09. The van der Waals surface area contributed by atoms with Gasteiger partial charge in [-0.15, -0.1) is 0 Å². The van der Waals surface area contributed by atoms with E-state index >= 15 is 0 Å². The Hall–Kier alpha value is -2.92. The fourth-order valence-electron chi connectivity index (χ4n) is 2.89. The molecule has 0 spiro atoms. The predicted octanol–water partition coefficient (Wildman–Crippen LogP) is 4.95. The van der Waals surface area contributed by atoms with E-state index in [9.17, 15) is 0 Å². The van der Waals surface area contributed by atoms with Crippen LogP contribution in [-0.4, -0.2) is 30.2 Å². The third kappa shape index (κ3) is 5.05. The van der Waals surface area contributed by atoms with Gasteiger partial charge in [0.1, 0.15) is 11.6 Å². The van der Waals surface area contributed by atoms with E-state index in [1.165, 1.54) is 11.1 Å². The first-order valence-electron chi connectivity index (χ1n) is 9.18. The van der Waals surface area contributed by atoms with Crippen molar-refractivity contribution in [2.24, 2.45) is 0 Å². The first kappa shape index (κ1) is 18.9. The normalized spacial score (nSPS) is 10.6. The number of hydrogen-bond acceptors (Lipinski definition) is 5. The van der Waals surface area contributed by atoms with Gasteiger partial charge in [0.2, 0.25) is 0 Å². The number of hydrogen-bond donors (Lipinski definition) is 2. The summed E-state index contributed by atoms with van der Waals surface area (Å²) in [5.74, 6) is 2.27. The molecule has 5 nitrogen and oxygen atoms in total. The molecule has 0 saturated carbocycles. The second-order valence-electron chi connectivity index (χ2n) is 6.49. The molecule has 3 rings (SSSR count). The monoisotopic (exact) mass is 362 g/mol. The highest BCUT2D eigenvalue weighted by Crippen LogP contribution is 2.26. The molecule has 0 unspecified atom stereocenters.